The van der Waals surface area contributed by atoms with E-state index in [1.807, 2.05) is 48.6 Å². The molecule has 0 bridgehead atoms. The molecule has 0 aliphatic carbocycles. The predicted molar refractivity (Wildman–Crippen MR) is 100.0 cm³/mol. The van der Waals surface area contributed by atoms with Gasteiger partial charge in [0.2, 0.25) is 0 Å². The van der Waals surface area contributed by atoms with Gasteiger partial charge in [-0.15, -0.1) is 0 Å². The van der Waals surface area contributed by atoms with Crippen LogP contribution in [0.5, 0.6) is 0 Å². The lowest BCUT2D eigenvalue weighted by Crippen LogP contribution is -2.06. The molecule has 1 heterocycles. The van der Waals surface area contributed by atoms with Crippen LogP contribution in [-0.2, 0) is 6.54 Å². The highest BCUT2D eigenvalue weighted by Gasteiger charge is 2.10. The Morgan fingerprint density at radius 1 is 1.00 bits per heavy atom. The average molecular weight is 345 g/mol. The summed E-state index contributed by atoms with van der Waals surface area (Å²) in [7, 11) is 0. The van der Waals surface area contributed by atoms with E-state index >= 15 is 0 Å². The summed E-state index contributed by atoms with van der Waals surface area (Å²) in [5.41, 5.74) is 2.96. The van der Waals surface area contributed by atoms with Crippen molar-refractivity contribution in [3.05, 3.63) is 63.9 Å². The van der Waals surface area contributed by atoms with Gasteiger partial charge >= 0.3 is 0 Å². The maximum absolute atomic E-state index is 6.24. The molecule has 2 aromatic carbocycles. The molecule has 0 spiro atoms. The van der Waals surface area contributed by atoms with Crippen LogP contribution in [-0.4, -0.2) is 9.55 Å². The smallest absolute Gasteiger partial charge is 0.133 e. The predicted octanol–water partition coefficient (Wildman–Crippen LogP) is 6.17. The van der Waals surface area contributed by atoms with Crippen molar-refractivity contribution < 1.29 is 0 Å². The maximum atomic E-state index is 6.24. The number of para-hydroxylation sites is 2. The molecule has 4 heteroatoms. The third-order valence-corrected chi connectivity index (χ3v) is 4.29. The highest BCUT2D eigenvalue weighted by atomic mass is 35.5. The number of hydrogen-bond acceptors (Lipinski definition) is 1. The standard InChI is InChI=1S/C19H18Cl2N2/c1-13(2)12-23-18-9-4-3-8-17(18)22-19(23)11-10-14-15(20)6-5-7-16(14)21/h3-11,13H,12H2,1-2H3/b11-10+. The summed E-state index contributed by atoms with van der Waals surface area (Å²) in [5, 5.41) is 1.28. The van der Waals surface area contributed by atoms with Crippen molar-refractivity contribution >= 4 is 46.4 Å². The van der Waals surface area contributed by atoms with Crippen molar-refractivity contribution in [2.24, 2.45) is 5.92 Å². The van der Waals surface area contributed by atoms with Crippen molar-refractivity contribution in [1.29, 1.82) is 0 Å². The molecule has 0 unspecified atom stereocenters. The number of benzene rings is 2. The van der Waals surface area contributed by atoms with Crippen LogP contribution in [0.3, 0.4) is 0 Å². The maximum Gasteiger partial charge on any atom is 0.133 e. The van der Waals surface area contributed by atoms with Crippen LogP contribution >= 0.6 is 23.2 Å². The van der Waals surface area contributed by atoms with Crippen LogP contribution in [0, 0.1) is 5.92 Å². The van der Waals surface area contributed by atoms with Gasteiger partial charge in [0.25, 0.3) is 0 Å². The Balaban J connectivity index is 2.07. The summed E-state index contributed by atoms with van der Waals surface area (Å²) in [5.74, 6) is 1.44. The first-order valence-corrected chi connectivity index (χ1v) is 8.39. The van der Waals surface area contributed by atoms with E-state index in [9.17, 15) is 0 Å². The van der Waals surface area contributed by atoms with Crippen molar-refractivity contribution in [3.8, 4) is 0 Å². The first-order chi connectivity index (χ1) is 11.1. The van der Waals surface area contributed by atoms with E-state index in [-0.39, 0.29) is 0 Å². The largest absolute Gasteiger partial charge is 0.324 e. The van der Waals surface area contributed by atoms with E-state index in [2.05, 4.69) is 24.5 Å². The van der Waals surface area contributed by atoms with Crippen LogP contribution in [0.1, 0.15) is 25.2 Å². The van der Waals surface area contributed by atoms with Gasteiger partial charge in [-0.2, -0.15) is 0 Å². The van der Waals surface area contributed by atoms with Gasteiger partial charge in [0, 0.05) is 22.2 Å². The van der Waals surface area contributed by atoms with Crippen molar-refractivity contribution in [3.63, 3.8) is 0 Å². The molecule has 0 aliphatic heterocycles. The minimum atomic E-state index is 0.531. The Labute approximate surface area is 146 Å². The number of aromatic nitrogens is 2. The van der Waals surface area contributed by atoms with Crippen LogP contribution in [0.4, 0.5) is 0 Å². The SMILES string of the molecule is CC(C)Cn1c(/C=C/c2c(Cl)cccc2Cl)nc2ccccc21. The summed E-state index contributed by atoms with van der Waals surface area (Å²) < 4.78 is 2.24. The molecule has 2 nitrogen and oxygen atoms in total. The van der Waals surface area contributed by atoms with Crippen LogP contribution in [0.2, 0.25) is 10.0 Å². The third kappa shape index (κ3) is 3.44. The average Bonchev–Trinajstić information content (AvgIpc) is 2.84. The number of hydrogen-bond donors (Lipinski definition) is 0. The molecule has 0 radical (unpaired) electrons. The number of fused-ring (bicyclic) bond motifs is 1. The Morgan fingerprint density at radius 2 is 1.70 bits per heavy atom. The van der Waals surface area contributed by atoms with Gasteiger partial charge in [0.05, 0.1) is 11.0 Å². The minimum Gasteiger partial charge on any atom is -0.324 e. The quantitative estimate of drug-likeness (QED) is 0.553. The van der Waals surface area contributed by atoms with Gasteiger partial charge < -0.3 is 4.57 Å². The van der Waals surface area contributed by atoms with Gasteiger partial charge in [-0.25, -0.2) is 4.98 Å². The van der Waals surface area contributed by atoms with Gasteiger partial charge in [0.15, 0.2) is 0 Å². The van der Waals surface area contributed by atoms with Crippen molar-refractivity contribution in [1.82, 2.24) is 9.55 Å². The molecule has 3 aromatic rings. The summed E-state index contributed by atoms with van der Waals surface area (Å²) in [4.78, 5) is 4.73. The minimum absolute atomic E-state index is 0.531. The molecule has 3 rings (SSSR count). The molecule has 0 fully saturated rings. The summed E-state index contributed by atoms with van der Waals surface area (Å²) in [6, 6.07) is 13.7. The molecule has 23 heavy (non-hydrogen) atoms. The van der Waals surface area contributed by atoms with E-state index in [1.165, 1.54) is 0 Å². The van der Waals surface area contributed by atoms with E-state index < -0.39 is 0 Å². The first kappa shape index (κ1) is 16.1. The van der Waals surface area contributed by atoms with Crippen LogP contribution in [0.15, 0.2) is 42.5 Å². The fraction of sp³-hybridized carbons (Fsp3) is 0.211. The Hall–Kier alpha value is -1.77. The molecule has 0 atom stereocenters. The zero-order valence-corrected chi connectivity index (χ0v) is 14.6. The van der Waals surface area contributed by atoms with E-state index in [0.29, 0.717) is 16.0 Å². The Morgan fingerprint density at radius 3 is 2.39 bits per heavy atom. The molecule has 0 saturated carbocycles. The van der Waals surface area contributed by atoms with Gasteiger partial charge in [0.1, 0.15) is 5.82 Å². The summed E-state index contributed by atoms with van der Waals surface area (Å²) >= 11 is 12.5. The summed E-state index contributed by atoms with van der Waals surface area (Å²) in [6.45, 7) is 5.32. The van der Waals surface area contributed by atoms with E-state index in [4.69, 9.17) is 28.2 Å². The topological polar surface area (TPSA) is 17.8 Å². The molecule has 0 N–H and O–H groups in total. The molecule has 0 aliphatic rings. The van der Waals surface area contributed by atoms with Gasteiger partial charge in [-0.3, -0.25) is 0 Å². The van der Waals surface area contributed by atoms with Gasteiger partial charge in [-0.05, 0) is 42.3 Å². The lowest BCUT2D eigenvalue weighted by Gasteiger charge is -2.10. The molecule has 1 aromatic heterocycles. The zero-order chi connectivity index (χ0) is 16.4. The lowest BCUT2D eigenvalue weighted by molar-refractivity contribution is 0.530. The van der Waals surface area contributed by atoms with E-state index in [1.54, 1.807) is 0 Å². The number of nitrogens with zero attached hydrogens (tertiary/aromatic N) is 2. The molecular weight excluding hydrogens is 327 g/mol. The second kappa shape index (κ2) is 6.77. The fourth-order valence-corrected chi connectivity index (χ4v) is 3.13. The second-order valence-corrected chi connectivity index (χ2v) is 6.75. The lowest BCUT2D eigenvalue weighted by atomic mass is 10.2. The van der Waals surface area contributed by atoms with Crippen molar-refractivity contribution in [2.75, 3.05) is 0 Å². The van der Waals surface area contributed by atoms with Crippen LogP contribution in [0.25, 0.3) is 23.2 Å². The first-order valence-electron chi connectivity index (χ1n) is 7.63. The molecule has 0 saturated heterocycles. The number of rotatable bonds is 4. The fourth-order valence-electron chi connectivity index (χ4n) is 2.61. The number of imidazole rings is 1. The van der Waals surface area contributed by atoms with Gasteiger partial charge in [-0.1, -0.05) is 55.2 Å². The zero-order valence-electron chi connectivity index (χ0n) is 13.1. The Bertz CT molecular complexity index is 843. The third-order valence-electron chi connectivity index (χ3n) is 3.63. The normalized spacial score (nSPS) is 11.9. The summed E-state index contributed by atoms with van der Waals surface area (Å²) in [6.07, 6.45) is 3.91. The molecular formula is C19H18Cl2N2. The Kier molecular flexibility index (Phi) is 4.74. The van der Waals surface area contributed by atoms with E-state index in [0.717, 1.165) is 29.0 Å². The monoisotopic (exact) mass is 344 g/mol. The van der Waals surface area contributed by atoms with Crippen LogP contribution < -0.4 is 0 Å². The molecule has 0 amide bonds. The van der Waals surface area contributed by atoms with Crippen molar-refractivity contribution in [2.45, 2.75) is 20.4 Å². The highest BCUT2D eigenvalue weighted by Crippen LogP contribution is 2.27. The molecule has 118 valence electrons. The number of halogens is 2. The highest BCUT2D eigenvalue weighted by molar-refractivity contribution is 6.37. The second-order valence-electron chi connectivity index (χ2n) is 5.93.